The highest BCUT2D eigenvalue weighted by molar-refractivity contribution is 5.76. The Bertz CT molecular complexity index is 2690. The van der Waals surface area contributed by atoms with Gasteiger partial charge in [0.1, 0.15) is 0 Å². The molecule has 654 valence electrons. The van der Waals surface area contributed by atoms with E-state index in [-0.39, 0.29) is 222 Å². The fourth-order valence-corrected chi connectivity index (χ4v) is 20.7. The van der Waals surface area contributed by atoms with Crippen LogP contribution in [0.5, 0.6) is 0 Å². The van der Waals surface area contributed by atoms with Crippen molar-refractivity contribution >= 4 is 29.8 Å². The molecule has 109 heavy (non-hydrogen) atoms. The van der Waals surface area contributed by atoms with Gasteiger partial charge in [0.15, 0.2) is 33.0 Å². The molecular weight excluding hydrogens is 1370 g/mol. The van der Waals surface area contributed by atoms with E-state index in [1.807, 2.05) is 96.9 Å². The van der Waals surface area contributed by atoms with Crippen molar-refractivity contribution in [3.63, 3.8) is 0 Å². The van der Waals surface area contributed by atoms with E-state index in [0.717, 1.165) is 68.1 Å². The highest BCUT2D eigenvalue weighted by Gasteiger charge is 2.65. The van der Waals surface area contributed by atoms with Crippen molar-refractivity contribution in [3.05, 3.63) is 0 Å². The van der Waals surface area contributed by atoms with Crippen LogP contribution in [0, 0.1) is 112 Å². The van der Waals surface area contributed by atoms with Crippen molar-refractivity contribution in [1.82, 2.24) is 0 Å². The molecule has 0 aliphatic heterocycles. The van der Waals surface area contributed by atoms with Gasteiger partial charge < -0.3 is 47.4 Å². The van der Waals surface area contributed by atoms with E-state index in [0.29, 0.717) is 5.41 Å². The minimum atomic E-state index is -0.469. The zero-order valence-corrected chi connectivity index (χ0v) is 68.5. The van der Waals surface area contributed by atoms with Crippen LogP contribution in [0.1, 0.15) is 403 Å². The first-order valence-corrected chi connectivity index (χ1v) is 39.6. The summed E-state index contributed by atoms with van der Waals surface area (Å²) < 4.78 is 57.1. The Morgan fingerprint density at radius 2 is 0.642 bits per heavy atom. The fraction of sp³-hybridized carbons (Fsp3) is 0.947. The van der Waals surface area contributed by atoms with Crippen LogP contribution in [-0.4, -0.2) is 93.3 Å². The van der Waals surface area contributed by atoms with E-state index in [1.54, 1.807) is 0 Å². The SMILES string of the molecule is C.C.C.C.C.C.C.C.C.C.CCC(C)(C)C(=O)OC(C)OC1C2(C)CCC(C2)C1(C)C.CCC(C)(C)C(=O)OCOC1C2(C)CCC(C2)C1(C)C.CCC(C)C(=O)OC(C)OC1C2(C)CCC(C2)C1(C)C.CCC(C)C(=O)OCOC1C2(C)CCC(C2)C1(C)C.CCC(C)C(=O)OCOC1CC2CCC1(C)C2(C)C. The van der Waals surface area contributed by atoms with Crippen LogP contribution in [-0.2, 0) is 71.3 Å². The molecule has 0 N–H and O–H groups in total. The Morgan fingerprint density at radius 1 is 0.358 bits per heavy atom. The van der Waals surface area contributed by atoms with Gasteiger partial charge in [-0.3, -0.25) is 24.0 Å². The van der Waals surface area contributed by atoms with Crippen molar-refractivity contribution in [1.29, 1.82) is 0 Å². The average molecular weight is 1560 g/mol. The molecule has 15 heteroatoms. The molecule has 0 saturated heterocycles. The molecule has 20 atom stereocenters. The number of ether oxygens (including phenoxy) is 10. The summed E-state index contributed by atoms with van der Waals surface area (Å²) >= 11 is 0. The van der Waals surface area contributed by atoms with Crippen LogP contribution in [0.15, 0.2) is 0 Å². The maximum Gasteiger partial charge on any atom is 0.313 e. The molecule has 10 saturated carbocycles. The molecule has 15 nitrogen and oxygen atoms in total. The molecule has 0 amide bonds. The van der Waals surface area contributed by atoms with Crippen LogP contribution in [0.2, 0.25) is 0 Å². The number of hydrogen-bond donors (Lipinski definition) is 0. The number of rotatable bonds is 25. The molecule has 10 bridgehead atoms. The van der Waals surface area contributed by atoms with Gasteiger partial charge in [0.05, 0.1) is 59.1 Å². The van der Waals surface area contributed by atoms with Gasteiger partial charge in [0, 0.05) is 0 Å². The quantitative estimate of drug-likeness (QED) is 0.0479. The Morgan fingerprint density at radius 3 is 0.927 bits per heavy atom. The summed E-state index contributed by atoms with van der Waals surface area (Å²) in [5, 5.41) is 0. The maximum absolute atomic E-state index is 12.2. The fourth-order valence-electron chi connectivity index (χ4n) is 20.7. The third-order valence-corrected chi connectivity index (χ3v) is 29.7. The molecule has 0 aromatic rings. The van der Waals surface area contributed by atoms with Crippen LogP contribution >= 0.6 is 0 Å². The van der Waals surface area contributed by atoms with Gasteiger partial charge in [-0.15, -0.1) is 0 Å². The highest BCUT2D eigenvalue weighted by Crippen LogP contribution is 2.68. The highest BCUT2D eigenvalue weighted by atomic mass is 16.7. The summed E-state index contributed by atoms with van der Waals surface area (Å²) in [5.74, 6) is 2.87. The van der Waals surface area contributed by atoms with Crippen LogP contribution in [0.25, 0.3) is 0 Å². The zero-order valence-electron chi connectivity index (χ0n) is 68.5. The second kappa shape index (κ2) is 43.4. The van der Waals surface area contributed by atoms with Gasteiger partial charge in [-0.2, -0.15) is 0 Å². The van der Waals surface area contributed by atoms with Gasteiger partial charge >= 0.3 is 29.8 Å². The van der Waals surface area contributed by atoms with E-state index in [2.05, 4.69) is 104 Å². The lowest BCUT2D eigenvalue weighted by molar-refractivity contribution is -0.219. The summed E-state index contributed by atoms with van der Waals surface area (Å²) in [4.78, 5) is 59.3. The largest absolute Gasteiger partial charge is 0.438 e. The topological polar surface area (TPSA) is 178 Å². The van der Waals surface area contributed by atoms with E-state index < -0.39 is 23.4 Å². The number of esters is 5. The summed E-state index contributed by atoms with van der Waals surface area (Å²) in [6.07, 6.45) is 22.9. The number of carbonyl (C=O) groups is 5. The summed E-state index contributed by atoms with van der Waals surface area (Å²) in [5.41, 5.74) is 1.52. The molecule has 10 rings (SSSR count). The van der Waals surface area contributed by atoms with Crippen molar-refractivity contribution in [2.75, 3.05) is 20.4 Å². The molecule has 10 aliphatic carbocycles. The Balaban J connectivity index is -0.000000404. The van der Waals surface area contributed by atoms with Gasteiger partial charge in [0.2, 0.25) is 0 Å². The Labute approximate surface area is 677 Å². The number of carbonyl (C=O) groups excluding carboxylic acids is 5. The van der Waals surface area contributed by atoms with Gasteiger partial charge in [-0.1, -0.05) is 234 Å². The smallest absolute Gasteiger partial charge is 0.313 e. The molecular formula is C94H188O15. The third kappa shape index (κ3) is 24.4. The molecule has 0 heterocycles. The van der Waals surface area contributed by atoms with Crippen molar-refractivity contribution in [2.24, 2.45) is 112 Å². The van der Waals surface area contributed by atoms with Gasteiger partial charge in [-0.05, 0) is 254 Å². The molecule has 0 aromatic carbocycles. The average Bonchev–Trinajstić information content (AvgIpc) is 1.58. The summed E-state index contributed by atoms with van der Waals surface area (Å²) in [6.45, 7) is 62.1. The third-order valence-electron chi connectivity index (χ3n) is 29.7. The second-order valence-corrected chi connectivity index (χ2v) is 39.1. The van der Waals surface area contributed by atoms with Crippen LogP contribution in [0.3, 0.4) is 0 Å². The minimum Gasteiger partial charge on any atom is -0.438 e. The molecule has 0 spiro atoms. The molecule has 0 aromatic heterocycles. The Kier molecular flexibility index (Phi) is 45.7. The molecule has 10 fully saturated rings. The normalized spacial score (nSPS) is 33.3. The van der Waals surface area contributed by atoms with Gasteiger partial charge in [-0.25, -0.2) is 0 Å². The number of fused-ring (bicyclic) bond motifs is 10. The van der Waals surface area contributed by atoms with Crippen molar-refractivity contribution in [3.8, 4) is 0 Å². The second-order valence-electron chi connectivity index (χ2n) is 39.1. The first-order valence-electron chi connectivity index (χ1n) is 39.6. The predicted octanol–water partition coefficient (Wildman–Crippen LogP) is 26.7. The van der Waals surface area contributed by atoms with Gasteiger partial charge in [0.25, 0.3) is 0 Å². The minimum absolute atomic E-state index is 0. The van der Waals surface area contributed by atoms with E-state index >= 15 is 0 Å². The zero-order chi connectivity index (χ0) is 74.9. The monoisotopic (exact) mass is 1560 g/mol. The standard InChI is InChI=1S/C18H32O3.2C17H30O3.2C16H28O3.10CH4/c1-8-16(3,4)15(19)21-12(2)20-14-17(5,6)13-9-10-18(14,7)11-13;1-7-15(2,3)14(18)20-11-19-13-16(4,5)12-8-9-17(13,6)10-12;1-7-11(2)14(18)19-12(3)20-15-16(4,5)13-8-9-17(15,6)10-13;1-6-11(2)13(17)18-10-19-14-15(3,4)12-7-8-16(14,5)9-12;1-6-11(2)14(17)19-10-18-13-9-12-7-8-16(13,5)15(12,3)4;;;;;;;;;;/h12-14H,8-11H2,1-7H3;12-13H,7-11H2,1-6H3;11-13,15H,7-10H2,1-6H3;11-12,14H,6-10H2,1-5H3;11-13H,6-10H2,1-5H3;10*1H4. The van der Waals surface area contributed by atoms with E-state index in [9.17, 15) is 24.0 Å². The lowest BCUT2D eigenvalue weighted by atomic mass is 9.70. The molecule has 0 radical (unpaired) electrons. The van der Waals surface area contributed by atoms with E-state index in [1.165, 1.54) is 89.9 Å². The lowest BCUT2D eigenvalue weighted by Crippen LogP contribution is -2.45. The predicted molar refractivity (Wildman–Crippen MR) is 458 cm³/mol. The lowest BCUT2D eigenvalue weighted by Gasteiger charge is -2.43. The molecule has 20 unspecified atom stereocenters. The maximum atomic E-state index is 12.2. The summed E-state index contributed by atoms with van der Waals surface area (Å²) in [6, 6.07) is 0. The van der Waals surface area contributed by atoms with E-state index in [4.69, 9.17) is 47.4 Å². The first-order chi connectivity index (χ1) is 45.5. The van der Waals surface area contributed by atoms with Crippen molar-refractivity contribution < 1.29 is 71.3 Å². The molecule has 10 aliphatic rings. The first kappa shape index (κ1) is 115. The van der Waals surface area contributed by atoms with Crippen molar-refractivity contribution in [2.45, 2.75) is 447 Å². The Hall–Kier alpha value is -2.85. The number of hydrogen-bond acceptors (Lipinski definition) is 15. The van der Waals surface area contributed by atoms with Crippen LogP contribution in [0.4, 0.5) is 0 Å². The van der Waals surface area contributed by atoms with Crippen LogP contribution < -0.4 is 0 Å². The summed E-state index contributed by atoms with van der Waals surface area (Å²) in [7, 11) is 0.